The van der Waals surface area contributed by atoms with E-state index in [0.717, 1.165) is 40.7 Å². The van der Waals surface area contributed by atoms with Gasteiger partial charge in [-0.3, -0.25) is 9.78 Å². The number of anilines is 1. The van der Waals surface area contributed by atoms with E-state index in [1.165, 1.54) is 0 Å². The lowest BCUT2D eigenvalue weighted by Gasteiger charge is -2.18. The predicted molar refractivity (Wildman–Crippen MR) is 128 cm³/mol. The molecule has 0 saturated carbocycles. The van der Waals surface area contributed by atoms with E-state index in [0.29, 0.717) is 11.6 Å². The Balaban J connectivity index is 1.35. The largest absolute Gasteiger partial charge is 0.384 e. The van der Waals surface area contributed by atoms with Crippen molar-refractivity contribution in [2.24, 2.45) is 0 Å². The summed E-state index contributed by atoms with van der Waals surface area (Å²) in [5.41, 5.74) is 3.86. The van der Waals surface area contributed by atoms with Crippen LogP contribution in [0.25, 0.3) is 10.9 Å². The van der Waals surface area contributed by atoms with Gasteiger partial charge in [0.2, 0.25) is 5.91 Å². The summed E-state index contributed by atoms with van der Waals surface area (Å²) in [6.45, 7) is 1.33. The second-order valence-electron chi connectivity index (χ2n) is 7.35. The van der Waals surface area contributed by atoms with Gasteiger partial charge in [-0.1, -0.05) is 72.3 Å². The first kappa shape index (κ1) is 20.9. The number of aromatic nitrogens is 1. The number of carbonyl (C=O) groups excluding carboxylic acids is 1. The summed E-state index contributed by atoms with van der Waals surface area (Å²) < 4.78 is 0. The molecule has 2 N–H and O–H groups in total. The van der Waals surface area contributed by atoms with E-state index in [2.05, 4.69) is 15.6 Å². The summed E-state index contributed by atoms with van der Waals surface area (Å²) in [5, 5.41) is 8.25. The molecule has 0 bridgehead atoms. The van der Waals surface area contributed by atoms with E-state index in [4.69, 9.17) is 11.6 Å². The lowest BCUT2D eigenvalue weighted by Crippen LogP contribution is -2.31. The zero-order valence-corrected chi connectivity index (χ0v) is 17.8. The van der Waals surface area contributed by atoms with Gasteiger partial charge in [-0.2, -0.15) is 0 Å². The fourth-order valence-corrected chi connectivity index (χ4v) is 3.85. The molecule has 0 atom stereocenters. The molecule has 4 nitrogen and oxygen atoms in total. The van der Waals surface area contributed by atoms with Crippen LogP contribution in [0.1, 0.15) is 23.5 Å². The van der Waals surface area contributed by atoms with Gasteiger partial charge in [0.25, 0.3) is 0 Å². The zero-order chi connectivity index (χ0) is 21.5. The van der Waals surface area contributed by atoms with Gasteiger partial charge >= 0.3 is 0 Å². The van der Waals surface area contributed by atoms with Crippen LogP contribution in [-0.2, 0) is 4.79 Å². The van der Waals surface area contributed by atoms with Crippen molar-refractivity contribution in [3.8, 4) is 0 Å². The van der Waals surface area contributed by atoms with Crippen molar-refractivity contribution >= 4 is 34.1 Å². The number of fused-ring (bicyclic) bond motifs is 1. The van der Waals surface area contributed by atoms with Crippen LogP contribution in [-0.4, -0.2) is 24.0 Å². The number of nitrogens with one attached hydrogen (secondary N) is 2. The van der Waals surface area contributed by atoms with Crippen LogP contribution in [0.4, 0.5) is 5.69 Å². The molecule has 0 radical (unpaired) electrons. The molecule has 0 aliphatic carbocycles. The van der Waals surface area contributed by atoms with E-state index < -0.39 is 0 Å². The van der Waals surface area contributed by atoms with Crippen LogP contribution in [0.2, 0.25) is 5.02 Å². The molecule has 4 aromatic rings. The molecule has 0 saturated heterocycles. The summed E-state index contributed by atoms with van der Waals surface area (Å²) in [6.07, 6.45) is 2.58. The number of carbonyl (C=O) groups is 1. The maximum Gasteiger partial charge on any atom is 0.232 e. The molecule has 5 heteroatoms. The number of halogens is 1. The van der Waals surface area contributed by atoms with E-state index in [-0.39, 0.29) is 11.8 Å². The third-order valence-electron chi connectivity index (χ3n) is 5.20. The molecule has 0 aliphatic rings. The molecule has 1 heterocycles. The van der Waals surface area contributed by atoms with Crippen LogP contribution in [0.15, 0.2) is 91.1 Å². The van der Waals surface area contributed by atoms with Gasteiger partial charge in [-0.15, -0.1) is 0 Å². The molecule has 0 aliphatic heterocycles. The monoisotopic (exact) mass is 429 g/mol. The second kappa shape index (κ2) is 10.1. The number of nitrogens with zero attached hydrogens (tertiary/aromatic N) is 1. The summed E-state index contributed by atoms with van der Waals surface area (Å²) in [6, 6.07) is 27.4. The number of amides is 1. The van der Waals surface area contributed by atoms with Gasteiger partial charge in [0.05, 0.1) is 11.4 Å². The minimum absolute atomic E-state index is 0.0152. The Kier molecular flexibility index (Phi) is 6.80. The minimum atomic E-state index is -0.316. The minimum Gasteiger partial charge on any atom is -0.384 e. The van der Waals surface area contributed by atoms with Crippen molar-refractivity contribution < 1.29 is 4.79 Å². The lowest BCUT2D eigenvalue weighted by atomic mass is 9.90. The summed E-state index contributed by atoms with van der Waals surface area (Å²) in [4.78, 5) is 17.4. The van der Waals surface area contributed by atoms with E-state index >= 15 is 0 Å². The average Bonchev–Trinajstić information content (AvgIpc) is 2.80. The normalized spacial score (nSPS) is 10.9. The first-order valence-corrected chi connectivity index (χ1v) is 10.8. The Morgan fingerprint density at radius 2 is 1.55 bits per heavy atom. The van der Waals surface area contributed by atoms with E-state index in [9.17, 15) is 4.79 Å². The molecule has 0 unspecified atom stereocenters. The number of rotatable bonds is 8. The maximum absolute atomic E-state index is 13.0. The Morgan fingerprint density at radius 3 is 2.23 bits per heavy atom. The van der Waals surface area contributed by atoms with Gasteiger partial charge < -0.3 is 10.6 Å². The fourth-order valence-electron chi connectivity index (χ4n) is 3.69. The third-order valence-corrected chi connectivity index (χ3v) is 5.44. The van der Waals surface area contributed by atoms with Crippen LogP contribution >= 0.6 is 11.6 Å². The highest BCUT2D eigenvalue weighted by Crippen LogP contribution is 2.25. The number of hydrogen-bond acceptors (Lipinski definition) is 3. The maximum atomic E-state index is 13.0. The topological polar surface area (TPSA) is 54.0 Å². The molecule has 0 spiro atoms. The van der Waals surface area contributed by atoms with Gasteiger partial charge in [-0.25, -0.2) is 0 Å². The smallest absolute Gasteiger partial charge is 0.232 e. The molecule has 31 heavy (non-hydrogen) atoms. The standard InChI is InChI=1S/C26H24ClN3O/c27-21-12-13-22-23(14-17-29-24(22)18-21)28-15-7-16-30-26(31)25(19-8-3-1-4-9-19)20-10-5-2-6-11-20/h1-6,8-14,17-18,25H,7,15-16H2,(H,28,29)(H,30,31). The van der Waals surface area contributed by atoms with Crippen molar-refractivity contribution in [3.05, 3.63) is 107 Å². The Bertz CT molecular complexity index is 1110. The van der Waals surface area contributed by atoms with Crippen molar-refractivity contribution in [1.82, 2.24) is 10.3 Å². The fraction of sp³-hybridized carbons (Fsp3) is 0.154. The quantitative estimate of drug-likeness (QED) is 0.356. The summed E-state index contributed by atoms with van der Waals surface area (Å²) in [7, 11) is 0. The molecule has 3 aromatic carbocycles. The van der Waals surface area contributed by atoms with Crippen LogP contribution in [0, 0.1) is 0 Å². The van der Waals surface area contributed by atoms with Crippen molar-refractivity contribution in [1.29, 1.82) is 0 Å². The molecule has 1 amide bonds. The average molecular weight is 430 g/mol. The predicted octanol–water partition coefficient (Wildman–Crippen LogP) is 5.64. The van der Waals surface area contributed by atoms with Crippen molar-refractivity contribution in [2.45, 2.75) is 12.3 Å². The highest BCUT2D eigenvalue weighted by molar-refractivity contribution is 6.31. The highest BCUT2D eigenvalue weighted by atomic mass is 35.5. The van der Waals surface area contributed by atoms with E-state index in [1.807, 2.05) is 84.9 Å². The Hall–Kier alpha value is -3.37. The van der Waals surface area contributed by atoms with Gasteiger partial charge in [-0.05, 0) is 41.8 Å². The first-order valence-electron chi connectivity index (χ1n) is 10.4. The number of pyridine rings is 1. The molecule has 156 valence electrons. The van der Waals surface area contributed by atoms with Gasteiger partial charge in [0.1, 0.15) is 0 Å². The second-order valence-corrected chi connectivity index (χ2v) is 7.78. The Labute approximate surface area is 187 Å². The van der Waals surface area contributed by atoms with Crippen LogP contribution in [0.3, 0.4) is 0 Å². The van der Waals surface area contributed by atoms with E-state index in [1.54, 1.807) is 6.20 Å². The SMILES string of the molecule is O=C(NCCCNc1ccnc2cc(Cl)ccc12)C(c1ccccc1)c1ccccc1. The Morgan fingerprint density at radius 1 is 0.871 bits per heavy atom. The molecular formula is C26H24ClN3O. The number of hydrogen-bond donors (Lipinski definition) is 2. The van der Waals surface area contributed by atoms with Gasteiger partial charge in [0, 0.05) is 35.4 Å². The van der Waals surface area contributed by atoms with Crippen LogP contribution < -0.4 is 10.6 Å². The zero-order valence-electron chi connectivity index (χ0n) is 17.1. The third kappa shape index (κ3) is 5.22. The van der Waals surface area contributed by atoms with Crippen molar-refractivity contribution in [3.63, 3.8) is 0 Å². The summed E-state index contributed by atoms with van der Waals surface area (Å²) >= 11 is 6.06. The first-order chi connectivity index (χ1) is 15.2. The molecule has 4 rings (SSSR count). The molecular weight excluding hydrogens is 406 g/mol. The van der Waals surface area contributed by atoms with Crippen LogP contribution in [0.5, 0.6) is 0 Å². The molecule has 0 fully saturated rings. The lowest BCUT2D eigenvalue weighted by molar-refractivity contribution is -0.121. The summed E-state index contributed by atoms with van der Waals surface area (Å²) in [5.74, 6) is -0.300. The highest BCUT2D eigenvalue weighted by Gasteiger charge is 2.21. The molecule has 1 aromatic heterocycles. The number of benzene rings is 3. The van der Waals surface area contributed by atoms with Gasteiger partial charge in [0.15, 0.2) is 0 Å². The van der Waals surface area contributed by atoms with Crippen molar-refractivity contribution in [2.75, 3.05) is 18.4 Å².